The Bertz CT molecular complexity index is 1400. The van der Waals surface area contributed by atoms with Gasteiger partial charge in [-0.3, -0.25) is 9.78 Å². The molecule has 40 heavy (non-hydrogen) atoms. The number of H-pyrrole nitrogens is 1. The molecule has 0 saturated heterocycles. The summed E-state index contributed by atoms with van der Waals surface area (Å²) in [5.74, 6) is 1.38. The lowest BCUT2D eigenvalue weighted by Crippen LogP contribution is -2.24. The first-order chi connectivity index (χ1) is 19.1. The van der Waals surface area contributed by atoms with Crippen molar-refractivity contribution in [1.29, 1.82) is 0 Å². The smallest absolute Gasteiger partial charge is 0.287 e. The standard InChI is InChI=1S/C33H43N5O2/c1-9-22(5)17-29(31(23(6)10-2)40-38-21(3)4)19-28-18-27(12-11-24(28)7)30-25(8)36-32(37-30)33(39)35-20-26-13-15-34-16-14-26/h11-16,18-19,22H,9-10,17,20H2,1-8H3,(H,35,39)(H,36,37). The van der Waals surface area contributed by atoms with Crippen molar-refractivity contribution in [3.63, 3.8) is 0 Å². The van der Waals surface area contributed by atoms with Gasteiger partial charge in [-0.25, -0.2) is 4.98 Å². The molecule has 7 heteroatoms. The van der Waals surface area contributed by atoms with E-state index in [1.165, 1.54) is 5.57 Å². The Balaban J connectivity index is 1.98. The van der Waals surface area contributed by atoms with Gasteiger partial charge in [0.2, 0.25) is 0 Å². The van der Waals surface area contributed by atoms with Crippen LogP contribution in [0.3, 0.4) is 0 Å². The van der Waals surface area contributed by atoms with Gasteiger partial charge in [-0.05, 0) is 105 Å². The first kappa shape index (κ1) is 30.5. The van der Waals surface area contributed by atoms with Gasteiger partial charge in [0.1, 0.15) is 0 Å². The highest BCUT2D eigenvalue weighted by molar-refractivity contribution is 5.91. The Morgan fingerprint density at radius 3 is 2.50 bits per heavy atom. The van der Waals surface area contributed by atoms with Crippen LogP contribution in [0.2, 0.25) is 0 Å². The zero-order chi connectivity index (χ0) is 29.2. The molecule has 3 rings (SSSR count). The number of aromatic nitrogens is 3. The maximum absolute atomic E-state index is 12.8. The largest absolute Gasteiger partial charge is 0.357 e. The number of oxime groups is 1. The third-order valence-corrected chi connectivity index (χ3v) is 6.98. The lowest BCUT2D eigenvalue weighted by molar-refractivity contribution is 0.0941. The molecule has 0 aliphatic carbocycles. The number of amides is 1. The third kappa shape index (κ3) is 8.25. The van der Waals surface area contributed by atoms with Crippen molar-refractivity contribution < 1.29 is 9.63 Å². The van der Waals surface area contributed by atoms with Crippen molar-refractivity contribution in [2.75, 3.05) is 0 Å². The number of benzene rings is 1. The topological polar surface area (TPSA) is 92.3 Å². The summed E-state index contributed by atoms with van der Waals surface area (Å²) in [5.41, 5.74) is 8.93. The average Bonchev–Trinajstić information content (AvgIpc) is 3.34. The Labute approximate surface area is 238 Å². The summed E-state index contributed by atoms with van der Waals surface area (Å²) in [6.45, 7) is 17.0. The molecule has 0 aliphatic rings. The Kier molecular flexibility index (Phi) is 11.0. The number of nitrogens with one attached hydrogen (secondary N) is 2. The third-order valence-electron chi connectivity index (χ3n) is 6.98. The van der Waals surface area contributed by atoms with Crippen molar-refractivity contribution in [2.24, 2.45) is 11.1 Å². The van der Waals surface area contributed by atoms with E-state index >= 15 is 0 Å². The molecule has 1 aromatic carbocycles. The van der Waals surface area contributed by atoms with Gasteiger partial charge in [-0.1, -0.05) is 44.5 Å². The van der Waals surface area contributed by atoms with Crippen LogP contribution in [0.5, 0.6) is 0 Å². The fourth-order valence-corrected chi connectivity index (χ4v) is 4.19. The predicted molar refractivity (Wildman–Crippen MR) is 164 cm³/mol. The van der Waals surface area contributed by atoms with E-state index in [0.29, 0.717) is 18.3 Å². The molecule has 0 aliphatic heterocycles. The van der Waals surface area contributed by atoms with Crippen LogP contribution in [0.25, 0.3) is 17.3 Å². The first-order valence-electron chi connectivity index (χ1n) is 14.1. The van der Waals surface area contributed by atoms with E-state index in [4.69, 9.17) is 4.84 Å². The molecular weight excluding hydrogens is 498 g/mol. The minimum absolute atomic E-state index is 0.247. The van der Waals surface area contributed by atoms with Crippen LogP contribution in [0.4, 0.5) is 0 Å². The molecular formula is C33H43N5O2. The van der Waals surface area contributed by atoms with E-state index in [1.807, 2.05) is 32.9 Å². The molecule has 3 aromatic rings. The van der Waals surface area contributed by atoms with Gasteiger partial charge in [0.15, 0.2) is 11.6 Å². The molecule has 2 N–H and O–H groups in total. The van der Waals surface area contributed by atoms with Crippen molar-refractivity contribution in [3.05, 3.63) is 87.8 Å². The zero-order valence-electron chi connectivity index (χ0n) is 25.2. The summed E-state index contributed by atoms with van der Waals surface area (Å²) in [6.07, 6.45) is 8.48. The minimum atomic E-state index is -0.247. The number of rotatable bonds is 12. The van der Waals surface area contributed by atoms with Crippen molar-refractivity contribution in [1.82, 2.24) is 20.3 Å². The highest BCUT2D eigenvalue weighted by Gasteiger charge is 2.18. The Morgan fingerprint density at radius 2 is 1.85 bits per heavy atom. The predicted octanol–water partition coefficient (Wildman–Crippen LogP) is 7.93. The fourth-order valence-electron chi connectivity index (χ4n) is 4.19. The highest BCUT2D eigenvalue weighted by Crippen LogP contribution is 2.31. The number of imidazole rings is 1. The first-order valence-corrected chi connectivity index (χ1v) is 14.1. The van der Waals surface area contributed by atoms with E-state index in [-0.39, 0.29) is 5.91 Å². The minimum Gasteiger partial charge on any atom is -0.357 e. The van der Waals surface area contributed by atoms with Crippen LogP contribution < -0.4 is 5.32 Å². The van der Waals surface area contributed by atoms with E-state index in [9.17, 15) is 4.79 Å². The van der Waals surface area contributed by atoms with Gasteiger partial charge in [0, 0.05) is 30.2 Å². The molecule has 0 fully saturated rings. The molecule has 2 aromatic heterocycles. The van der Waals surface area contributed by atoms with E-state index < -0.39 is 0 Å². The number of carbonyl (C=O) groups is 1. The molecule has 1 atom stereocenters. The number of nitrogens with zero attached hydrogens (tertiary/aromatic N) is 3. The van der Waals surface area contributed by atoms with Crippen LogP contribution in [0, 0.1) is 19.8 Å². The van der Waals surface area contributed by atoms with Crippen LogP contribution >= 0.6 is 0 Å². The van der Waals surface area contributed by atoms with Crippen LogP contribution in [-0.4, -0.2) is 26.6 Å². The quantitative estimate of drug-likeness (QED) is 0.105. The molecule has 0 bridgehead atoms. The maximum Gasteiger partial charge on any atom is 0.287 e. The fraction of sp³-hybridized carbons (Fsp3) is 0.394. The second-order valence-corrected chi connectivity index (χ2v) is 10.6. The summed E-state index contributed by atoms with van der Waals surface area (Å²) < 4.78 is 0. The lowest BCUT2D eigenvalue weighted by Gasteiger charge is -2.17. The van der Waals surface area contributed by atoms with Gasteiger partial charge in [0.25, 0.3) is 5.91 Å². The van der Waals surface area contributed by atoms with Crippen LogP contribution in [0.1, 0.15) is 93.8 Å². The van der Waals surface area contributed by atoms with Gasteiger partial charge >= 0.3 is 0 Å². The summed E-state index contributed by atoms with van der Waals surface area (Å²) in [4.78, 5) is 30.7. The van der Waals surface area contributed by atoms with Gasteiger partial charge in [-0.15, -0.1) is 0 Å². The van der Waals surface area contributed by atoms with E-state index in [1.54, 1.807) is 12.4 Å². The normalized spacial score (nSPS) is 12.9. The van der Waals surface area contributed by atoms with E-state index in [0.717, 1.165) is 69.9 Å². The van der Waals surface area contributed by atoms with E-state index in [2.05, 4.69) is 84.3 Å². The van der Waals surface area contributed by atoms with Gasteiger partial charge in [0.05, 0.1) is 11.4 Å². The van der Waals surface area contributed by atoms with Crippen LogP contribution in [-0.2, 0) is 11.4 Å². The summed E-state index contributed by atoms with van der Waals surface area (Å²) in [7, 11) is 0. The number of carbonyl (C=O) groups excluding carboxylic acids is 1. The highest BCUT2D eigenvalue weighted by atomic mass is 16.6. The average molecular weight is 542 g/mol. The molecule has 212 valence electrons. The molecule has 0 spiro atoms. The molecule has 1 unspecified atom stereocenters. The number of pyridine rings is 1. The van der Waals surface area contributed by atoms with Crippen molar-refractivity contribution >= 4 is 17.7 Å². The second-order valence-electron chi connectivity index (χ2n) is 10.6. The number of hydrogen-bond acceptors (Lipinski definition) is 5. The van der Waals surface area contributed by atoms with Gasteiger partial charge in [-0.2, -0.15) is 0 Å². The molecule has 7 nitrogen and oxygen atoms in total. The zero-order valence-corrected chi connectivity index (χ0v) is 25.2. The number of allylic oxidation sites excluding steroid dienone is 2. The second kappa shape index (κ2) is 14.4. The molecule has 0 saturated carbocycles. The van der Waals surface area contributed by atoms with Gasteiger partial charge < -0.3 is 15.1 Å². The Hall–Kier alpha value is -4.00. The number of aryl methyl sites for hydroxylation is 2. The Morgan fingerprint density at radius 1 is 1.12 bits per heavy atom. The maximum atomic E-state index is 12.8. The molecule has 1 amide bonds. The number of hydrogen-bond donors (Lipinski definition) is 2. The summed E-state index contributed by atoms with van der Waals surface area (Å²) in [5, 5.41) is 7.23. The summed E-state index contributed by atoms with van der Waals surface area (Å²) in [6, 6.07) is 10.0. The molecule has 2 heterocycles. The van der Waals surface area contributed by atoms with Crippen molar-refractivity contribution in [2.45, 2.75) is 81.2 Å². The number of aromatic amines is 1. The lowest BCUT2D eigenvalue weighted by atomic mass is 9.92. The molecule has 0 radical (unpaired) electrons. The SMILES string of the molecule is CCC(C)=C(ON=C(C)C)C(=Cc1cc(-c2nc(C(=O)NCc3ccncc3)[nH]c2C)ccc1C)CC(C)CC. The monoisotopic (exact) mass is 541 g/mol. The summed E-state index contributed by atoms with van der Waals surface area (Å²) >= 11 is 0. The van der Waals surface area contributed by atoms with Crippen molar-refractivity contribution in [3.8, 4) is 11.3 Å². The van der Waals surface area contributed by atoms with Crippen LogP contribution in [0.15, 0.2) is 64.8 Å².